The van der Waals surface area contributed by atoms with Gasteiger partial charge >= 0.3 is 0 Å². The molecule has 2 atom stereocenters. The SMILES string of the molecule is COc1ccc([C@@H]2CC(=O)C3=C(C2)Nc2onc(C)c2[C@H]3c2cccnc2)cc1. The van der Waals surface area contributed by atoms with Gasteiger partial charge in [-0.25, -0.2) is 0 Å². The van der Waals surface area contributed by atoms with Gasteiger partial charge in [-0.3, -0.25) is 9.78 Å². The highest BCUT2D eigenvalue weighted by Gasteiger charge is 2.41. The number of aromatic nitrogens is 2. The Bertz CT molecular complexity index is 1100. The van der Waals surface area contributed by atoms with Crippen molar-refractivity contribution in [1.82, 2.24) is 10.1 Å². The molecule has 0 saturated carbocycles. The molecule has 3 aromatic rings. The lowest BCUT2D eigenvalue weighted by molar-refractivity contribution is -0.116. The highest BCUT2D eigenvalue weighted by molar-refractivity contribution is 6.01. The van der Waals surface area contributed by atoms with Gasteiger partial charge in [0, 0.05) is 36.0 Å². The van der Waals surface area contributed by atoms with E-state index >= 15 is 0 Å². The number of pyridine rings is 1. The summed E-state index contributed by atoms with van der Waals surface area (Å²) in [4.78, 5) is 17.6. The number of hydrogen-bond acceptors (Lipinski definition) is 6. The minimum absolute atomic E-state index is 0.111. The summed E-state index contributed by atoms with van der Waals surface area (Å²) in [5.74, 6) is 1.49. The molecule has 1 aliphatic carbocycles. The third-order valence-corrected chi connectivity index (χ3v) is 5.86. The molecule has 1 aliphatic heterocycles. The highest BCUT2D eigenvalue weighted by atomic mass is 16.5. The molecule has 2 aliphatic rings. The highest BCUT2D eigenvalue weighted by Crippen LogP contribution is 2.48. The van der Waals surface area contributed by atoms with Gasteiger partial charge in [0.15, 0.2) is 5.78 Å². The normalized spacial score (nSPS) is 20.7. The molecule has 29 heavy (non-hydrogen) atoms. The van der Waals surface area contributed by atoms with Crippen molar-refractivity contribution in [2.45, 2.75) is 31.6 Å². The number of nitrogens with one attached hydrogen (secondary N) is 1. The van der Waals surface area contributed by atoms with Gasteiger partial charge < -0.3 is 14.6 Å². The third-order valence-electron chi connectivity index (χ3n) is 5.86. The number of ether oxygens (including phenoxy) is 1. The molecule has 6 nitrogen and oxygen atoms in total. The van der Waals surface area contributed by atoms with Crippen LogP contribution in [0.4, 0.5) is 5.88 Å². The zero-order chi connectivity index (χ0) is 20.0. The van der Waals surface area contributed by atoms with E-state index in [2.05, 4.69) is 15.5 Å². The number of fused-ring (bicyclic) bond motifs is 1. The first-order valence-electron chi connectivity index (χ1n) is 9.69. The number of rotatable bonds is 3. The second kappa shape index (κ2) is 6.88. The molecule has 1 N–H and O–H groups in total. The van der Waals surface area contributed by atoms with E-state index in [1.54, 1.807) is 13.3 Å². The van der Waals surface area contributed by atoms with Crippen molar-refractivity contribution >= 4 is 11.7 Å². The molecule has 146 valence electrons. The molecule has 0 bridgehead atoms. The number of hydrogen-bond donors (Lipinski definition) is 1. The maximum absolute atomic E-state index is 13.4. The Morgan fingerprint density at radius 2 is 1.97 bits per heavy atom. The molecular formula is C23H21N3O3. The molecule has 0 amide bonds. The van der Waals surface area contributed by atoms with E-state index in [-0.39, 0.29) is 17.6 Å². The van der Waals surface area contributed by atoms with Crippen molar-refractivity contribution < 1.29 is 14.1 Å². The van der Waals surface area contributed by atoms with Crippen molar-refractivity contribution in [1.29, 1.82) is 0 Å². The van der Waals surface area contributed by atoms with Crippen LogP contribution in [0.3, 0.4) is 0 Å². The largest absolute Gasteiger partial charge is 0.497 e. The monoisotopic (exact) mass is 387 g/mol. The van der Waals surface area contributed by atoms with Gasteiger partial charge in [-0.15, -0.1) is 0 Å². The Labute approximate surface area is 168 Å². The van der Waals surface area contributed by atoms with Gasteiger partial charge in [0.2, 0.25) is 5.88 Å². The average molecular weight is 387 g/mol. The number of aryl methyl sites for hydroxylation is 1. The molecule has 0 unspecified atom stereocenters. The van der Waals surface area contributed by atoms with Crippen molar-refractivity contribution in [3.63, 3.8) is 0 Å². The Balaban J connectivity index is 1.57. The first-order valence-corrected chi connectivity index (χ1v) is 9.69. The van der Waals surface area contributed by atoms with Crippen LogP contribution in [0.5, 0.6) is 5.75 Å². The van der Waals surface area contributed by atoms with Crippen molar-refractivity contribution in [3.05, 3.63) is 82.4 Å². The summed E-state index contributed by atoms with van der Waals surface area (Å²) in [6, 6.07) is 11.9. The molecular weight excluding hydrogens is 366 g/mol. The molecule has 1 aromatic carbocycles. The fourth-order valence-corrected chi connectivity index (χ4v) is 4.46. The van der Waals surface area contributed by atoms with Gasteiger partial charge in [-0.1, -0.05) is 23.4 Å². The predicted octanol–water partition coefficient (Wildman–Crippen LogP) is 4.34. The number of ketones is 1. The zero-order valence-electron chi connectivity index (χ0n) is 16.3. The van der Waals surface area contributed by atoms with Gasteiger partial charge in [-0.05, 0) is 48.6 Å². The third kappa shape index (κ3) is 2.92. The van der Waals surface area contributed by atoms with E-state index in [1.165, 1.54) is 0 Å². The second-order valence-corrected chi connectivity index (χ2v) is 7.55. The predicted molar refractivity (Wildman–Crippen MR) is 108 cm³/mol. The number of benzene rings is 1. The molecule has 3 heterocycles. The molecule has 0 saturated heterocycles. The number of methoxy groups -OCH3 is 1. The van der Waals surface area contributed by atoms with Crippen LogP contribution in [-0.2, 0) is 4.79 Å². The quantitative estimate of drug-likeness (QED) is 0.720. The fraction of sp³-hybridized carbons (Fsp3) is 0.261. The number of allylic oxidation sites excluding steroid dienone is 2. The standard InChI is InChI=1S/C23H21N3O3/c1-13-20-21(15-4-3-9-24-12-15)22-18(25-23(20)29-26-13)10-16(11-19(22)27)14-5-7-17(28-2)8-6-14/h3-9,12,16,21,25H,10-11H2,1-2H3/t16-,21+/m0/s1. The van der Waals surface area contributed by atoms with Gasteiger partial charge in [0.1, 0.15) is 5.75 Å². The number of nitrogens with zero attached hydrogens (tertiary/aromatic N) is 2. The Morgan fingerprint density at radius 3 is 2.69 bits per heavy atom. The maximum atomic E-state index is 13.4. The van der Waals surface area contributed by atoms with E-state index in [0.717, 1.165) is 45.8 Å². The summed E-state index contributed by atoms with van der Waals surface area (Å²) in [5, 5.41) is 7.50. The number of carbonyl (C=O) groups excluding carboxylic acids is 1. The van der Waals surface area contributed by atoms with Crippen LogP contribution in [0.25, 0.3) is 0 Å². The van der Waals surface area contributed by atoms with Gasteiger partial charge in [0.05, 0.1) is 18.4 Å². The molecule has 0 radical (unpaired) electrons. The molecule has 0 spiro atoms. The van der Waals surface area contributed by atoms with Gasteiger partial charge in [-0.2, -0.15) is 0 Å². The van der Waals surface area contributed by atoms with Crippen LogP contribution in [0, 0.1) is 6.92 Å². The topological polar surface area (TPSA) is 77.2 Å². The van der Waals surface area contributed by atoms with Crippen LogP contribution in [0.15, 0.2) is 64.6 Å². The van der Waals surface area contributed by atoms with Gasteiger partial charge in [0.25, 0.3) is 0 Å². The Kier molecular flexibility index (Phi) is 4.19. The molecule has 0 fully saturated rings. The summed E-state index contributed by atoms with van der Waals surface area (Å²) in [6.45, 7) is 1.91. The summed E-state index contributed by atoms with van der Waals surface area (Å²) in [5.41, 5.74) is 5.54. The summed E-state index contributed by atoms with van der Waals surface area (Å²) >= 11 is 0. The van der Waals surface area contributed by atoms with Crippen LogP contribution in [0.1, 0.15) is 47.1 Å². The van der Waals surface area contributed by atoms with Crippen molar-refractivity contribution in [3.8, 4) is 5.75 Å². The zero-order valence-corrected chi connectivity index (χ0v) is 16.3. The molecule has 6 heteroatoms. The van der Waals surface area contributed by atoms with Crippen LogP contribution in [-0.4, -0.2) is 23.0 Å². The Hall–Kier alpha value is -3.41. The smallest absolute Gasteiger partial charge is 0.233 e. The van der Waals surface area contributed by atoms with E-state index in [0.29, 0.717) is 12.3 Å². The van der Waals surface area contributed by atoms with Crippen LogP contribution < -0.4 is 10.1 Å². The first-order chi connectivity index (χ1) is 14.2. The summed E-state index contributed by atoms with van der Waals surface area (Å²) < 4.78 is 10.8. The van der Waals surface area contributed by atoms with E-state index in [4.69, 9.17) is 9.26 Å². The molecule has 5 rings (SSSR count). The molecule has 2 aromatic heterocycles. The van der Waals surface area contributed by atoms with E-state index in [1.807, 2.05) is 49.5 Å². The number of Topliss-reactive ketones (excluding diaryl/α,β-unsaturated/α-hetero) is 1. The summed E-state index contributed by atoms with van der Waals surface area (Å²) in [7, 11) is 1.65. The lowest BCUT2D eigenvalue weighted by atomic mass is 9.72. The number of anilines is 1. The van der Waals surface area contributed by atoms with Crippen molar-refractivity contribution in [2.24, 2.45) is 0 Å². The van der Waals surface area contributed by atoms with E-state index < -0.39 is 0 Å². The summed E-state index contributed by atoms with van der Waals surface area (Å²) in [6.07, 6.45) is 4.77. The van der Waals surface area contributed by atoms with Crippen molar-refractivity contribution in [2.75, 3.05) is 12.4 Å². The minimum Gasteiger partial charge on any atom is -0.497 e. The minimum atomic E-state index is -0.203. The average Bonchev–Trinajstić information content (AvgIpc) is 3.13. The maximum Gasteiger partial charge on any atom is 0.233 e. The van der Waals surface area contributed by atoms with Crippen LogP contribution >= 0.6 is 0 Å². The second-order valence-electron chi connectivity index (χ2n) is 7.55. The fourth-order valence-electron chi connectivity index (χ4n) is 4.46. The first kappa shape index (κ1) is 17.7. The van der Waals surface area contributed by atoms with Crippen LogP contribution in [0.2, 0.25) is 0 Å². The lowest BCUT2D eigenvalue weighted by Gasteiger charge is -2.34. The lowest BCUT2D eigenvalue weighted by Crippen LogP contribution is -2.29. The van der Waals surface area contributed by atoms with E-state index in [9.17, 15) is 4.79 Å². The Morgan fingerprint density at radius 1 is 1.14 bits per heavy atom. The number of carbonyl (C=O) groups is 1.